The molecule has 2 aliphatic heterocycles. The highest BCUT2D eigenvalue weighted by Crippen LogP contribution is 2.52. The van der Waals surface area contributed by atoms with Crippen LogP contribution in [0.4, 0.5) is 0 Å². The molecule has 1 aromatic carbocycles. The van der Waals surface area contributed by atoms with Crippen molar-refractivity contribution in [3.05, 3.63) is 52.9 Å². The number of carbonyl (C=O) groups excluding carboxylic acids is 1. The average Bonchev–Trinajstić information content (AvgIpc) is 3.33. The summed E-state index contributed by atoms with van der Waals surface area (Å²) in [6, 6.07) is 9.55. The zero-order chi connectivity index (χ0) is 19.9. The Morgan fingerprint density at radius 1 is 1.25 bits per heavy atom. The summed E-state index contributed by atoms with van der Waals surface area (Å²) in [7, 11) is 0. The predicted molar refractivity (Wildman–Crippen MR) is 103 cm³/mol. The second kappa shape index (κ2) is 7.08. The summed E-state index contributed by atoms with van der Waals surface area (Å²) in [6.07, 6.45) is 3.61. The Morgan fingerprint density at radius 2 is 2.00 bits per heavy atom. The van der Waals surface area contributed by atoms with Crippen LogP contribution in [0.25, 0.3) is 0 Å². The smallest absolute Gasteiger partial charge is 0.312 e. The third kappa shape index (κ3) is 3.01. The monoisotopic (exact) mass is 382 g/mol. The van der Waals surface area contributed by atoms with Crippen LogP contribution in [0.5, 0.6) is 0 Å². The van der Waals surface area contributed by atoms with Crippen molar-refractivity contribution in [1.29, 1.82) is 0 Å². The summed E-state index contributed by atoms with van der Waals surface area (Å²) in [5.74, 6) is 0.00872. The molecule has 0 radical (unpaired) electrons. The number of benzene rings is 1. The van der Waals surface area contributed by atoms with E-state index < -0.39 is 11.4 Å². The Kier molecular flexibility index (Phi) is 4.73. The Bertz CT molecular complexity index is 872. The topological polar surface area (TPSA) is 83.6 Å². The van der Waals surface area contributed by atoms with E-state index >= 15 is 0 Å². The van der Waals surface area contributed by atoms with Gasteiger partial charge in [0.25, 0.3) is 0 Å². The van der Waals surface area contributed by atoms with Crippen molar-refractivity contribution < 1.29 is 19.2 Å². The van der Waals surface area contributed by atoms with Crippen LogP contribution in [0.1, 0.15) is 48.3 Å². The van der Waals surface area contributed by atoms with E-state index in [1.54, 1.807) is 0 Å². The fourth-order valence-electron chi connectivity index (χ4n) is 5.24. The molecule has 3 heterocycles. The van der Waals surface area contributed by atoms with Crippen molar-refractivity contribution >= 4 is 11.9 Å². The molecule has 2 aliphatic rings. The first kappa shape index (κ1) is 18.7. The normalized spacial score (nSPS) is 26.0. The third-order valence-corrected chi connectivity index (χ3v) is 6.59. The number of hydrogen-bond donors (Lipinski definition) is 1. The van der Waals surface area contributed by atoms with Gasteiger partial charge in [-0.05, 0) is 51.5 Å². The summed E-state index contributed by atoms with van der Waals surface area (Å²) >= 11 is 0. The number of amides is 1. The zero-order valence-electron chi connectivity index (χ0n) is 16.4. The minimum absolute atomic E-state index is 0.0296. The minimum atomic E-state index is -0.886. The van der Waals surface area contributed by atoms with E-state index in [-0.39, 0.29) is 18.0 Å². The van der Waals surface area contributed by atoms with Gasteiger partial charge in [-0.3, -0.25) is 9.59 Å². The number of rotatable bonds is 6. The van der Waals surface area contributed by atoms with E-state index in [4.69, 9.17) is 4.52 Å². The molecule has 0 aliphatic carbocycles. The van der Waals surface area contributed by atoms with Crippen LogP contribution in [0.3, 0.4) is 0 Å². The molecule has 0 spiro atoms. The fourth-order valence-corrected chi connectivity index (χ4v) is 5.24. The van der Waals surface area contributed by atoms with E-state index in [0.717, 1.165) is 35.4 Å². The predicted octanol–water partition coefficient (Wildman–Crippen LogP) is 3.30. The number of carbonyl (C=O) groups is 2. The zero-order valence-corrected chi connectivity index (χ0v) is 16.4. The van der Waals surface area contributed by atoms with Gasteiger partial charge >= 0.3 is 5.97 Å². The molecule has 1 aromatic heterocycles. The number of aryl methyl sites for hydroxylation is 2. The van der Waals surface area contributed by atoms with Gasteiger partial charge in [0, 0.05) is 24.1 Å². The van der Waals surface area contributed by atoms with Gasteiger partial charge < -0.3 is 14.5 Å². The summed E-state index contributed by atoms with van der Waals surface area (Å²) in [4.78, 5) is 27.3. The maximum atomic E-state index is 13.1. The van der Waals surface area contributed by atoms with Crippen LogP contribution in [0, 0.1) is 19.3 Å². The first-order chi connectivity index (χ1) is 13.4. The lowest BCUT2D eigenvalue weighted by Gasteiger charge is -2.33. The van der Waals surface area contributed by atoms with E-state index in [1.165, 1.54) is 0 Å². The van der Waals surface area contributed by atoms with Crippen molar-refractivity contribution in [3.63, 3.8) is 0 Å². The SMILES string of the molecule is Cc1noc(C)c1CCC(=O)N1[C@H]2CC[C@@H]1[C@](Cc1ccccc1)(C(=O)O)C2. The van der Waals surface area contributed by atoms with E-state index in [1.807, 2.05) is 49.1 Å². The summed E-state index contributed by atoms with van der Waals surface area (Å²) < 4.78 is 5.19. The van der Waals surface area contributed by atoms with Gasteiger partial charge in [0.15, 0.2) is 0 Å². The Morgan fingerprint density at radius 3 is 2.64 bits per heavy atom. The van der Waals surface area contributed by atoms with Crippen LogP contribution in [-0.4, -0.2) is 39.1 Å². The van der Waals surface area contributed by atoms with E-state index in [0.29, 0.717) is 25.7 Å². The molecule has 6 nitrogen and oxygen atoms in total. The molecule has 0 unspecified atom stereocenters. The van der Waals surface area contributed by atoms with Crippen LogP contribution >= 0.6 is 0 Å². The minimum Gasteiger partial charge on any atom is -0.481 e. The van der Waals surface area contributed by atoms with Crippen LogP contribution < -0.4 is 0 Å². The van der Waals surface area contributed by atoms with Crippen LogP contribution in [-0.2, 0) is 22.4 Å². The van der Waals surface area contributed by atoms with Gasteiger partial charge in [-0.1, -0.05) is 35.5 Å². The Hall–Kier alpha value is -2.63. The van der Waals surface area contributed by atoms with Crippen molar-refractivity contribution in [2.24, 2.45) is 5.41 Å². The molecule has 2 fully saturated rings. The van der Waals surface area contributed by atoms with Crippen molar-refractivity contribution in [3.8, 4) is 0 Å². The largest absolute Gasteiger partial charge is 0.481 e. The maximum absolute atomic E-state index is 13.1. The lowest BCUT2D eigenvalue weighted by molar-refractivity contribution is -0.151. The van der Waals surface area contributed by atoms with E-state index in [2.05, 4.69) is 5.16 Å². The Balaban J connectivity index is 1.53. The Labute approximate surface area is 164 Å². The molecule has 3 atom stereocenters. The van der Waals surface area contributed by atoms with Gasteiger partial charge in [-0.25, -0.2) is 0 Å². The third-order valence-electron chi connectivity index (χ3n) is 6.59. The molecule has 6 heteroatoms. The van der Waals surface area contributed by atoms with Gasteiger partial charge in [0.1, 0.15) is 5.76 Å². The lowest BCUT2D eigenvalue weighted by atomic mass is 9.70. The number of fused-ring (bicyclic) bond motifs is 2. The molecule has 2 bridgehead atoms. The van der Waals surface area contributed by atoms with Crippen LogP contribution in [0.2, 0.25) is 0 Å². The first-order valence-corrected chi connectivity index (χ1v) is 9.92. The lowest BCUT2D eigenvalue weighted by Crippen LogP contribution is -2.46. The number of nitrogens with zero attached hydrogens (tertiary/aromatic N) is 2. The second-order valence-corrected chi connectivity index (χ2v) is 8.18. The van der Waals surface area contributed by atoms with Gasteiger partial charge in [0.05, 0.1) is 11.1 Å². The number of carboxylic acid groups (broad SMARTS) is 1. The molecule has 1 amide bonds. The molecule has 2 saturated heterocycles. The fraction of sp³-hybridized carbons (Fsp3) is 0.500. The summed E-state index contributed by atoms with van der Waals surface area (Å²) in [6.45, 7) is 3.74. The molecule has 2 aromatic rings. The molecular formula is C22H26N2O4. The standard InChI is InChI=1S/C22H26N2O4/c1-14-18(15(2)28-23-14)9-11-20(25)24-17-8-10-19(24)22(13-17,21(26)27)12-16-6-4-3-5-7-16/h3-7,17,19H,8-13H2,1-2H3,(H,26,27)/t17-,19+,22+/m0/s1. The van der Waals surface area contributed by atoms with Crippen molar-refractivity contribution in [1.82, 2.24) is 10.1 Å². The van der Waals surface area contributed by atoms with E-state index in [9.17, 15) is 14.7 Å². The van der Waals surface area contributed by atoms with Gasteiger partial charge in [-0.2, -0.15) is 0 Å². The highest BCUT2D eigenvalue weighted by Gasteiger charge is 2.61. The van der Waals surface area contributed by atoms with Gasteiger partial charge in [-0.15, -0.1) is 0 Å². The molecular weight excluding hydrogens is 356 g/mol. The van der Waals surface area contributed by atoms with Gasteiger partial charge in [0.2, 0.25) is 5.91 Å². The quantitative estimate of drug-likeness (QED) is 0.829. The summed E-state index contributed by atoms with van der Waals surface area (Å²) in [5, 5.41) is 14.1. The highest BCUT2D eigenvalue weighted by molar-refractivity contribution is 5.83. The maximum Gasteiger partial charge on any atom is 0.312 e. The molecule has 4 rings (SSSR count). The average molecular weight is 382 g/mol. The second-order valence-electron chi connectivity index (χ2n) is 8.18. The highest BCUT2D eigenvalue weighted by atomic mass is 16.5. The van der Waals surface area contributed by atoms with Crippen LogP contribution in [0.15, 0.2) is 34.9 Å². The number of aromatic nitrogens is 1. The first-order valence-electron chi connectivity index (χ1n) is 9.92. The molecule has 28 heavy (non-hydrogen) atoms. The van der Waals surface area contributed by atoms with Crippen molar-refractivity contribution in [2.45, 2.75) is 64.5 Å². The number of aliphatic carboxylic acids is 1. The number of carboxylic acids is 1. The molecule has 1 N–H and O–H groups in total. The molecule has 148 valence electrons. The molecule has 0 saturated carbocycles. The summed E-state index contributed by atoms with van der Waals surface area (Å²) in [5.41, 5.74) is 1.93. The van der Waals surface area contributed by atoms with Crippen molar-refractivity contribution in [2.75, 3.05) is 0 Å². The number of hydrogen-bond acceptors (Lipinski definition) is 4.